The molecule has 1 unspecified atom stereocenters. The summed E-state index contributed by atoms with van der Waals surface area (Å²) in [6.45, 7) is 2.42. The molecule has 0 aliphatic heterocycles. The Hall–Kier alpha value is -2.08. The number of oxime groups is 1. The Morgan fingerprint density at radius 3 is 2.86 bits per heavy atom. The van der Waals surface area contributed by atoms with Crippen molar-refractivity contribution < 1.29 is 14.7 Å². The number of amides is 1. The SMILES string of the molecule is COC(C)CCC(=O)N(C)Cc1cccc(/C(N)=N/O)c1. The lowest BCUT2D eigenvalue weighted by Crippen LogP contribution is -2.27. The number of benzene rings is 1. The molecule has 116 valence electrons. The minimum atomic E-state index is 0.0553. The van der Waals surface area contributed by atoms with E-state index in [9.17, 15) is 4.79 Å². The van der Waals surface area contributed by atoms with Gasteiger partial charge in [-0.25, -0.2) is 0 Å². The zero-order chi connectivity index (χ0) is 15.8. The van der Waals surface area contributed by atoms with Crippen LogP contribution in [-0.2, 0) is 16.1 Å². The Morgan fingerprint density at radius 1 is 1.52 bits per heavy atom. The summed E-state index contributed by atoms with van der Waals surface area (Å²) in [6.07, 6.45) is 1.22. The van der Waals surface area contributed by atoms with E-state index in [-0.39, 0.29) is 17.8 Å². The van der Waals surface area contributed by atoms with E-state index in [1.165, 1.54) is 0 Å². The number of nitrogens with two attached hydrogens (primary N) is 1. The van der Waals surface area contributed by atoms with Crippen LogP contribution in [0.25, 0.3) is 0 Å². The van der Waals surface area contributed by atoms with Gasteiger partial charge in [0.15, 0.2) is 5.84 Å². The minimum Gasteiger partial charge on any atom is -0.409 e. The van der Waals surface area contributed by atoms with Gasteiger partial charge in [0.25, 0.3) is 0 Å². The predicted octanol–water partition coefficient (Wildman–Crippen LogP) is 1.55. The molecule has 1 atom stereocenters. The van der Waals surface area contributed by atoms with Crippen molar-refractivity contribution in [3.05, 3.63) is 35.4 Å². The molecule has 0 spiro atoms. The fourth-order valence-corrected chi connectivity index (χ4v) is 1.88. The molecule has 6 heteroatoms. The second-order valence-electron chi connectivity index (χ2n) is 5.02. The van der Waals surface area contributed by atoms with Gasteiger partial charge in [-0.15, -0.1) is 0 Å². The van der Waals surface area contributed by atoms with Crippen molar-refractivity contribution in [2.75, 3.05) is 14.2 Å². The maximum absolute atomic E-state index is 12.0. The number of amidine groups is 1. The maximum Gasteiger partial charge on any atom is 0.222 e. The third kappa shape index (κ3) is 5.43. The number of ether oxygens (including phenoxy) is 1. The van der Waals surface area contributed by atoms with Crippen molar-refractivity contribution >= 4 is 11.7 Å². The van der Waals surface area contributed by atoms with Gasteiger partial charge in [-0.2, -0.15) is 0 Å². The normalized spacial score (nSPS) is 13.0. The van der Waals surface area contributed by atoms with E-state index >= 15 is 0 Å². The van der Waals surface area contributed by atoms with Crippen LogP contribution < -0.4 is 5.73 Å². The van der Waals surface area contributed by atoms with Crippen LogP contribution in [0.4, 0.5) is 0 Å². The van der Waals surface area contributed by atoms with Gasteiger partial charge in [0.2, 0.25) is 5.91 Å². The quantitative estimate of drug-likeness (QED) is 0.345. The fourth-order valence-electron chi connectivity index (χ4n) is 1.88. The standard InChI is InChI=1S/C15H23N3O3/c1-11(21-3)7-8-14(19)18(2)10-12-5-4-6-13(9-12)15(16)17-20/h4-6,9,11,20H,7-8,10H2,1-3H3,(H2,16,17). The van der Waals surface area contributed by atoms with Gasteiger partial charge in [0, 0.05) is 32.7 Å². The number of rotatable bonds is 7. The summed E-state index contributed by atoms with van der Waals surface area (Å²) in [5.41, 5.74) is 7.11. The third-order valence-corrected chi connectivity index (χ3v) is 3.34. The van der Waals surface area contributed by atoms with Crippen LogP contribution in [0.2, 0.25) is 0 Å². The van der Waals surface area contributed by atoms with E-state index in [0.29, 0.717) is 24.9 Å². The highest BCUT2D eigenvalue weighted by atomic mass is 16.5. The van der Waals surface area contributed by atoms with Crippen LogP contribution in [0.3, 0.4) is 0 Å². The molecule has 0 saturated carbocycles. The molecule has 0 heterocycles. The summed E-state index contributed by atoms with van der Waals surface area (Å²) in [7, 11) is 3.40. The molecular weight excluding hydrogens is 270 g/mol. The van der Waals surface area contributed by atoms with Gasteiger partial charge in [-0.3, -0.25) is 4.79 Å². The van der Waals surface area contributed by atoms with Crippen LogP contribution in [0.1, 0.15) is 30.9 Å². The molecule has 1 rings (SSSR count). The molecule has 0 bridgehead atoms. The molecule has 0 aromatic heterocycles. The van der Waals surface area contributed by atoms with Crippen LogP contribution in [0, 0.1) is 0 Å². The van der Waals surface area contributed by atoms with Crippen LogP contribution >= 0.6 is 0 Å². The number of carbonyl (C=O) groups excluding carboxylic acids is 1. The highest BCUT2D eigenvalue weighted by Gasteiger charge is 2.11. The monoisotopic (exact) mass is 293 g/mol. The third-order valence-electron chi connectivity index (χ3n) is 3.34. The molecular formula is C15H23N3O3. The van der Waals surface area contributed by atoms with Crippen molar-refractivity contribution in [3.63, 3.8) is 0 Å². The molecule has 6 nitrogen and oxygen atoms in total. The summed E-state index contributed by atoms with van der Waals surface area (Å²) in [6, 6.07) is 7.26. The molecule has 0 aliphatic rings. The lowest BCUT2D eigenvalue weighted by molar-refractivity contribution is -0.131. The van der Waals surface area contributed by atoms with E-state index in [2.05, 4.69) is 5.16 Å². The molecule has 0 aliphatic carbocycles. The summed E-state index contributed by atoms with van der Waals surface area (Å²) >= 11 is 0. The summed E-state index contributed by atoms with van der Waals surface area (Å²) in [4.78, 5) is 13.7. The Kier molecular flexibility index (Phi) is 6.68. The number of methoxy groups -OCH3 is 1. The highest BCUT2D eigenvalue weighted by Crippen LogP contribution is 2.10. The number of nitrogens with zero attached hydrogens (tertiary/aromatic N) is 2. The number of hydrogen-bond acceptors (Lipinski definition) is 4. The number of carbonyl (C=O) groups is 1. The first-order valence-corrected chi connectivity index (χ1v) is 6.81. The molecule has 1 aromatic carbocycles. The van der Waals surface area contributed by atoms with Crippen molar-refractivity contribution in [3.8, 4) is 0 Å². The maximum atomic E-state index is 12.0. The molecule has 0 radical (unpaired) electrons. The molecule has 1 amide bonds. The number of hydrogen-bond donors (Lipinski definition) is 2. The first kappa shape index (κ1) is 17.0. The van der Waals surface area contributed by atoms with E-state index < -0.39 is 0 Å². The van der Waals surface area contributed by atoms with Gasteiger partial charge < -0.3 is 20.6 Å². The van der Waals surface area contributed by atoms with Crippen LogP contribution in [0.15, 0.2) is 29.4 Å². The van der Waals surface area contributed by atoms with Gasteiger partial charge in [0.05, 0.1) is 6.10 Å². The first-order valence-electron chi connectivity index (χ1n) is 6.81. The van der Waals surface area contributed by atoms with Crippen molar-refractivity contribution in [2.45, 2.75) is 32.4 Å². The molecule has 0 fully saturated rings. The fraction of sp³-hybridized carbons (Fsp3) is 0.467. The Labute approximate surface area is 125 Å². The Morgan fingerprint density at radius 2 is 2.24 bits per heavy atom. The zero-order valence-electron chi connectivity index (χ0n) is 12.7. The average molecular weight is 293 g/mol. The van der Waals surface area contributed by atoms with Crippen molar-refractivity contribution in [1.82, 2.24) is 4.90 Å². The zero-order valence-corrected chi connectivity index (χ0v) is 12.7. The predicted molar refractivity (Wildman–Crippen MR) is 81.1 cm³/mol. The van der Waals surface area contributed by atoms with Crippen LogP contribution in [-0.4, -0.2) is 42.1 Å². The van der Waals surface area contributed by atoms with E-state index in [4.69, 9.17) is 15.7 Å². The van der Waals surface area contributed by atoms with Crippen LogP contribution in [0.5, 0.6) is 0 Å². The molecule has 0 saturated heterocycles. The van der Waals surface area contributed by atoms with E-state index in [1.807, 2.05) is 19.1 Å². The van der Waals surface area contributed by atoms with Gasteiger partial charge >= 0.3 is 0 Å². The van der Waals surface area contributed by atoms with Gasteiger partial charge in [-0.1, -0.05) is 23.4 Å². The lowest BCUT2D eigenvalue weighted by atomic mass is 10.1. The smallest absolute Gasteiger partial charge is 0.222 e. The van der Waals surface area contributed by atoms with Crippen molar-refractivity contribution in [1.29, 1.82) is 0 Å². The topological polar surface area (TPSA) is 88.2 Å². The molecule has 21 heavy (non-hydrogen) atoms. The van der Waals surface area contributed by atoms with Gasteiger partial charge in [0.1, 0.15) is 0 Å². The summed E-state index contributed by atoms with van der Waals surface area (Å²) in [5, 5.41) is 11.7. The summed E-state index contributed by atoms with van der Waals surface area (Å²) in [5.74, 6) is 0.118. The first-order chi connectivity index (χ1) is 9.97. The largest absolute Gasteiger partial charge is 0.409 e. The van der Waals surface area contributed by atoms with E-state index in [1.54, 1.807) is 31.2 Å². The lowest BCUT2D eigenvalue weighted by Gasteiger charge is -2.18. The second-order valence-corrected chi connectivity index (χ2v) is 5.02. The van der Waals surface area contributed by atoms with Gasteiger partial charge in [-0.05, 0) is 25.0 Å². The Balaban J connectivity index is 2.62. The second kappa shape index (κ2) is 8.26. The molecule has 1 aromatic rings. The minimum absolute atomic E-state index is 0.0553. The van der Waals surface area contributed by atoms with Crippen molar-refractivity contribution in [2.24, 2.45) is 10.9 Å². The molecule has 3 N–H and O–H groups in total. The average Bonchev–Trinajstić information content (AvgIpc) is 2.51. The van der Waals surface area contributed by atoms with E-state index in [0.717, 1.165) is 5.56 Å². The summed E-state index contributed by atoms with van der Waals surface area (Å²) < 4.78 is 5.13. The Bertz CT molecular complexity index is 503. The highest BCUT2D eigenvalue weighted by molar-refractivity contribution is 5.97.